The van der Waals surface area contributed by atoms with E-state index < -0.39 is 0 Å². The fourth-order valence-corrected chi connectivity index (χ4v) is 4.22. The molecule has 31 heavy (non-hydrogen) atoms. The molecule has 0 aliphatic carbocycles. The van der Waals surface area contributed by atoms with Gasteiger partial charge in [-0.3, -0.25) is 0 Å². The number of benzene rings is 3. The Balaban J connectivity index is 1.56. The Morgan fingerprint density at radius 1 is 0.871 bits per heavy atom. The highest BCUT2D eigenvalue weighted by atomic mass is 16.5. The second kappa shape index (κ2) is 7.87. The highest BCUT2D eigenvalue weighted by Crippen LogP contribution is 2.48. The average molecular weight is 416 g/mol. The van der Waals surface area contributed by atoms with Crippen LogP contribution in [0.3, 0.4) is 0 Å². The Morgan fingerprint density at radius 2 is 1.65 bits per heavy atom. The Kier molecular flexibility index (Phi) is 4.90. The maximum absolute atomic E-state index is 6.43. The van der Waals surface area contributed by atoms with Crippen molar-refractivity contribution in [3.8, 4) is 23.0 Å². The van der Waals surface area contributed by atoms with Crippen LogP contribution in [0.4, 0.5) is 0 Å². The highest BCUT2D eigenvalue weighted by molar-refractivity contribution is 6.02. The Bertz CT molecular complexity index is 1130. The van der Waals surface area contributed by atoms with Crippen LogP contribution in [0.1, 0.15) is 35.4 Å². The average Bonchev–Trinajstić information content (AvgIpc) is 3.29. The zero-order valence-corrected chi connectivity index (χ0v) is 17.7. The van der Waals surface area contributed by atoms with Crippen LogP contribution in [0.2, 0.25) is 0 Å². The summed E-state index contributed by atoms with van der Waals surface area (Å²) in [6.07, 6.45) is 0.437. The van der Waals surface area contributed by atoms with Gasteiger partial charge in [0.1, 0.15) is 11.5 Å². The van der Waals surface area contributed by atoms with Crippen molar-refractivity contribution in [3.63, 3.8) is 0 Å². The van der Waals surface area contributed by atoms with E-state index in [1.165, 1.54) is 0 Å². The number of hydrazone groups is 1. The first-order valence-corrected chi connectivity index (χ1v) is 10.2. The molecule has 158 valence electrons. The van der Waals surface area contributed by atoms with E-state index in [4.69, 9.17) is 24.0 Å². The molecule has 2 aliphatic heterocycles. The van der Waals surface area contributed by atoms with E-state index >= 15 is 0 Å². The van der Waals surface area contributed by atoms with Crippen molar-refractivity contribution < 1.29 is 18.9 Å². The summed E-state index contributed by atoms with van der Waals surface area (Å²) in [6.45, 7) is 0. The standard InChI is InChI=1S/C25H24N2O4/c1-28-18-11-8-16(9-12-18)20-15-21-19-6-4-5-7-22(19)31-25(27(21)26-20)17-10-13-23(29-2)24(14-17)30-3/h4-14,21,25H,15H2,1-3H3/t21-,25-/m0/s1. The molecule has 0 bridgehead atoms. The molecule has 0 spiro atoms. The summed E-state index contributed by atoms with van der Waals surface area (Å²) in [6, 6.07) is 22.2. The number of hydrogen-bond donors (Lipinski definition) is 0. The quantitative estimate of drug-likeness (QED) is 0.589. The van der Waals surface area contributed by atoms with E-state index in [0.29, 0.717) is 11.5 Å². The third-order valence-electron chi connectivity index (χ3n) is 5.82. The molecule has 2 atom stereocenters. The van der Waals surface area contributed by atoms with Crippen LogP contribution in [-0.4, -0.2) is 32.0 Å². The fraction of sp³-hybridized carbons (Fsp3) is 0.240. The minimum absolute atomic E-state index is 0.0974. The molecule has 0 fully saturated rings. The van der Waals surface area contributed by atoms with Crippen molar-refractivity contribution in [1.82, 2.24) is 5.01 Å². The van der Waals surface area contributed by atoms with Crippen LogP contribution < -0.4 is 18.9 Å². The lowest BCUT2D eigenvalue weighted by Gasteiger charge is -2.38. The summed E-state index contributed by atoms with van der Waals surface area (Å²) in [5.74, 6) is 3.06. The number of methoxy groups -OCH3 is 3. The number of fused-ring (bicyclic) bond motifs is 3. The van der Waals surface area contributed by atoms with Crippen molar-refractivity contribution in [3.05, 3.63) is 83.4 Å². The summed E-state index contributed by atoms with van der Waals surface area (Å²) in [5.41, 5.74) is 4.21. The number of hydrogen-bond acceptors (Lipinski definition) is 6. The Hall–Kier alpha value is -3.67. The maximum Gasteiger partial charge on any atom is 0.214 e. The van der Waals surface area contributed by atoms with Crippen molar-refractivity contribution >= 4 is 5.71 Å². The SMILES string of the molecule is COc1ccc(C2=NN3[C@@H](C2)c2ccccc2O[C@H]3c2ccc(OC)c(OC)c2)cc1. The molecule has 0 N–H and O–H groups in total. The van der Waals surface area contributed by atoms with E-state index in [1.54, 1.807) is 21.3 Å². The lowest BCUT2D eigenvalue weighted by atomic mass is 9.96. The molecular weight excluding hydrogens is 392 g/mol. The molecule has 0 saturated heterocycles. The fourth-order valence-electron chi connectivity index (χ4n) is 4.22. The van der Waals surface area contributed by atoms with Crippen LogP contribution in [0, 0.1) is 0 Å². The van der Waals surface area contributed by atoms with Gasteiger partial charge in [0.2, 0.25) is 6.23 Å². The number of para-hydroxylation sites is 1. The summed E-state index contributed by atoms with van der Waals surface area (Å²) in [7, 11) is 4.94. The van der Waals surface area contributed by atoms with Crippen LogP contribution in [0.5, 0.6) is 23.0 Å². The molecule has 2 aliphatic rings. The predicted octanol–water partition coefficient (Wildman–Crippen LogP) is 4.95. The third-order valence-corrected chi connectivity index (χ3v) is 5.82. The molecule has 3 aromatic carbocycles. The van der Waals surface area contributed by atoms with E-state index in [0.717, 1.165) is 40.3 Å². The Labute approximate surface area is 181 Å². The van der Waals surface area contributed by atoms with Crippen LogP contribution >= 0.6 is 0 Å². The van der Waals surface area contributed by atoms with E-state index in [2.05, 4.69) is 11.1 Å². The van der Waals surface area contributed by atoms with Gasteiger partial charge in [0.25, 0.3) is 0 Å². The third kappa shape index (κ3) is 3.34. The molecule has 6 heteroatoms. The molecular formula is C25H24N2O4. The highest BCUT2D eigenvalue weighted by Gasteiger charge is 2.41. The van der Waals surface area contributed by atoms with Crippen molar-refractivity contribution in [2.24, 2.45) is 5.10 Å². The molecule has 0 amide bonds. The topological polar surface area (TPSA) is 52.5 Å². The number of rotatable bonds is 5. The van der Waals surface area contributed by atoms with Gasteiger partial charge in [-0.25, -0.2) is 5.01 Å². The van der Waals surface area contributed by atoms with Crippen molar-refractivity contribution in [2.75, 3.05) is 21.3 Å². The van der Waals surface area contributed by atoms with Gasteiger partial charge >= 0.3 is 0 Å². The lowest BCUT2D eigenvalue weighted by Crippen LogP contribution is -2.33. The molecule has 6 nitrogen and oxygen atoms in total. The minimum atomic E-state index is -0.365. The lowest BCUT2D eigenvalue weighted by molar-refractivity contribution is -0.0191. The van der Waals surface area contributed by atoms with Crippen LogP contribution in [-0.2, 0) is 0 Å². The summed E-state index contributed by atoms with van der Waals surface area (Å²) in [5, 5.41) is 7.06. The smallest absolute Gasteiger partial charge is 0.214 e. The van der Waals surface area contributed by atoms with Crippen molar-refractivity contribution in [2.45, 2.75) is 18.7 Å². The van der Waals surface area contributed by atoms with Gasteiger partial charge in [-0.1, -0.05) is 18.2 Å². The van der Waals surface area contributed by atoms with Gasteiger partial charge in [0.15, 0.2) is 11.5 Å². The molecule has 0 aromatic heterocycles. The molecule has 3 aromatic rings. The van der Waals surface area contributed by atoms with Crippen LogP contribution in [0.25, 0.3) is 0 Å². The second-order valence-electron chi connectivity index (χ2n) is 7.50. The van der Waals surface area contributed by atoms with Crippen LogP contribution in [0.15, 0.2) is 71.8 Å². The molecule has 0 radical (unpaired) electrons. The monoisotopic (exact) mass is 416 g/mol. The summed E-state index contributed by atoms with van der Waals surface area (Å²) < 4.78 is 22.6. The van der Waals surface area contributed by atoms with Gasteiger partial charge < -0.3 is 18.9 Å². The van der Waals surface area contributed by atoms with Gasteiger partial charge in [-0.05, 0) is 54.1 Å². The predicted molar refractivity (Wildman–Crippen MR) is 118 cm³/mol. The van der Waals surface area contributed by atoms with Gasteiger partial charge in [-0.2, -0.15) is 5.10 Å². The largest absolute Gasteiger partial charge is 0.497 e. The van der Waals surface area contributed by atoms with E-state index in [1.807, 2.05) is 60.7 Å². The first-order chi connectivity index (χ1) is 15.2. The Morgan fingerprint density at radius 3 is 2.39 bits per heavy atom. The van der Waals surface area contributed by atoms with E-state index in [-0.39, 0.29) is 12.3 Å². The zero-order chi connectivity index (χ0) is 21.4. The maximum atomic E-state index is 6.43. The number of nitrogens with zero attached hydrogens (tertiary/aromatic N) is 2. The van der Waals surface area contributed by atoms with Gasteiger partial charge in [0, 0.05) is 17.5 Å². The normalized spacial score (nSPS) is 19.1. The van der Waals surface area contributed by atoms with Crippen molar-refractivity contribution in [1.29, 1.82) is 0 Å². The molecule has 0 saturated carbocycles. The second-order valence-corrected chi connectivity index (χ2v) is 7.50. The van der Waals surface area contributed by atoms with E-state index in [9.17, 15) is 0 Å². The number of ether oxygens (including phenoxy) is 4. The summed E-state index contributed by atoms with van der Waals surface area (Å²) in [4.78, 5) is 0. The summed E-state index contributed by atoms with van der Waals surface area (Å²) >= 11 is 0. The minimum Gasteiger partial charge on any atom is -0.497 e. The zero-order valence-electron chi connectivity index (χ0n) is 17.7. The van der Waals surface area contributed by atoms with Gasteiger partial charge in [-0.15, -0.1) is 0 Å². The van der Waals surface area contributed by atoms with Gasteiger partial charge in [0.05, 0.1) is 33.1 Å². The first kappa shape index (κ1) is 19.3. The molecule has 2 heterocycles. The molecule has 0 unspecified atom stereocenters. The first-order valence-electron chi connectivity index (χ1n) is 10.2. The molecule has 5 rings (SSSR count).